The van der Waals surface area contributed by atoms with Gasteiger partial charge in [0.15, 0.2) is 11.2 Å². The first-order chi connectivity index (χ1) is 16.8. The molecule has 3 aromatic heterocycles. The summed E-state index contributed by atoms with van der Waals surface area (Å²) in [5, 5.41) is 0.801. The van der Waals surface area contributed by atoms with Crippen LogP contribution in [0.25, 0.3) is 28.0 Å². The van der Waals surface area contributed by atoms with E-state index in [0.29, 0.717) is 29.3 Å². The second kappa shape index (κ2) is 8.32. The van der Waals surface area contributed by atoms with Crippen LogP contribution in [0.3, 0.4) is 0 Å². The number of nitrogens with zero attached hydrogens (tertiary/aromatic N) is 5. The molecule has 0 aliphatic heterocycles. The first kappa shape index (κ1) is 22.2. The number of esters is 1. The molecule has 0 N–H and O–H groups in total. The van der Waals surface area contributed by atoms with Crippen LogP contribution < -0.4 is 16.0 Å². The number of hydrogen-bond donors (Lipinski definition) is 0. The van der Waals surface area contributed by atoms with Crippen LogP contribution in [-0.4, -0.2) is 43.4 Å². The second-order valence-electron chi connectivity index (χ2n) is 8.18. The third-order valence-electron chi connectivity index (χ3n) is 6.13. The summed E-state index contributed by atoms with van der Waals surface area (Å²) < 4.78 is 16.3. The Morgan fingerprint density at radius 3 is 2.54 bits per heavy atom. The fourth-order valence-corrected chi connectivity index (χ4v) is 4.28. The molecule has 5 rings (SSSR count). The van der Waals surface area contributed by atoms with Crippen molar-refractivity contribution in [1.29, 1.82) is 0 Å². The van der Waals surface area contributed by atoms with Gasteiger partial charge in [0, 0.05) is 25.7 Å². The number of rotatable bonds is 5. The topological polar surface area (TPSA) is 102 Å². The molecule has 0 fully saturated rings. The first-order valence-electron chi connectivity index (χ1n) is 10.8. The Hall–Kier alpha value is -4.60. The number of aryl methyl sites for hydroxylation is 1. The van der Waals surface area contributed by atoms with Gasteiger partial charge in [0.05, 0.1) is 31.8 Å². The lowest BCUT2D eigenvalue weighted by atomic mass is 10.1. The normalized spacial score (nSPS) is 11.3. The maximum atomic E-state index is 13.2. The molecule has 0 atom stereocenters. The van der Waals surface area contributed by atoms with Crippen LogP contribution in [0.4, 0.5) is 0 Å². The Morgan fingerprint density at radius 1 is 1.00 bits per heavy atom. The molecule has 0 aliphatic carbocycles. The van der Waals surface area contributed by atoms with Crippen molar-refractivity contribution < 1.29 is 14.3 Å². The van der Waals surface area contributed by atoms with Crippen LogP contribution >= 0.6 is 0 Å². The number of imidazole rings is 1. The monoisotopic (exact) mass is 473 g/mol. The summed E-state index contributed by atoms with van der Waals surface area (Å²) in [4.78, 5) is 42.5. The number of aromatic nitrogens is 5. The minimum absolute atomic E-state index is 0.282. The van der Waals surface area contributed by atoms with Gasteiger partial charge >= 0.3 is 11.7 Å². The average Bonchev–Trinajstić information content (AvgIpc) is 3.46. The molecule has 5 aromatic rings. The fraction of sp³-hybridized carbons (Fsp3) is 0.200. The van der Waals surface area contributed by atoms with Crippen molar-refractivity contribution in [3.63, 3.8) is 0 Å². The van der Waals surface area contributed by atoms with Crippen molar-refractivity contribution in [1.82, 2.24) is 23.3 Å². The van der Waals surface area contributed by atoms with Gasteiger partial charge in [-0.2, -0.15) is 4.98 Å². The van der Waals surface area contributed by atoms with Crippen LogP contribution in [-0.2, 0) is 25.4 Å². The number of ether oxygens (including phenoxy) is 2. The van der Waals surface area contributed by atoms with E-state index >= 15 is 0 Å². The standard InChI is InChI=1S/C25H23N5O5/c1-27-21-20(22(31)28(2)25(27)33)30(14-15-6-5-7-18(12-15)34-3)24(26-21)29-11-10-16-13-17(23(32)35-4)8-9-19(16)29/h5-13H,14H2,1-4H3. The summed E-state index contributed by atoms with van der Waals surface area (Å²) in [6.07, 6.45) is 1.82. The molecule has 35 heavy (non-hydrogen) atoms. The molecule has 0 saturated carbocycles. The number of methoxy groups -OCH3 is 2. The van der Waals surface area contributed by atoms with Gasteiger partial charge in [-0.05, 0) is 42.0 Å². The van der Waals surface area contributed by atoms with Gasteiger partial charge in [-0.1, -0.05) is 12.1 Å². The minimum atomic E-state index is -0.458. The summed E-state index contributed by atoms with van der Waals surface area (Å²) in [6.45, 7) is 0.316. The van der Waals surface area contributed by atoms with Gasteiger partial charge in [0.2, 0.25) is 5.95 Å². The lowest BCUT2D eigenvalue weighted by molar-refractivity contribution is 0.0601. The van der Waals surface area contributed by atoms with Crippen LogP contribution in [0, 0.1) is 0 Å². The largest absolute Gasteiger partial charge is 0.497 e. The van der Waals surface area contributed by atoms with E-state index in [1.165, 1.54) is 18.7 Å². The first-order valence-corrected chi connectivity index (χ1v) is 10.8. The van der Waals surface area contributed by atoms with Crippen LogP contribution in [0.1, 0.15) is 15.9 Å². The molecule has 0 radical (unpaired) electrons. The molecule has 0 bridgehead atoms. The molecule has 0 aliphatic rings. The van der Waals surface area contributed by atoms with Gasteiger partial charge in [-0.15, -0.1) is 0 Å². The van der Waals surface area contributed by atoms with E-state index in [0.717, 1.165) is 21.0 Å². The highest BCUT2D eigenvalue weighted by atomic mass is 16.5. The van der Waals surface area contributed by atoms with Crippen LogP contribution in [0.15, 0.2) is 64.3 Å². The number of benzene rings is 2. The quantitative estimate of drug-likeness (QED) is 0.363. The highest BCUT2D eigenvalue weighted by molar-refractivity contribution is 5.95. The van der Waals surface area contributed by atoms with Crippen molar-refractivity contribution in [3.8, 4) is 11.7 Å². The van der Waals surface area contributed by atoms with E-state index in [2.05, 4.69) is 0 Å². The molecule has 0 amide bonds. The Morgan fingerprint density at radius 2 is 1.80 bits per heavy atom. The third kappa shape index (κ3) is 3.50. The zero-order valence-corrected chi connectivity index (χ0v) is 19.7. The predicted molar refractivity (Wildman–Crippen MR) is 130 cm³/mol. The van der Waals surface area contributed by atoms with E-state index in [-0.39, 0.29) is 5.65 Å². The number of carbonyl (C=O) groups excluding carboxylic acids is 1. The van der Waals surface area contributed by atoms with Gasteiger partial charge in [-0.25, -0.2) is 9.59 Å². The smallest absolute Gasteiger partial charge is 0.337 e. The highest BCUT2D eigenvalue weighted by Gasteiger charge is 2.21. The predicted octanol–water partition coefficient (Wildman–Crippen LogP) is 2.22. The van der Waals surface area contributed by atoms with E-state index < -0.39 is 17.2 Å². The number of carbonyl (C=O) groups is 1. The van der Waals surface area contributed by atoms with Gasteiger partial charge < -0.3 is 9.47 Å². The number of fused-ring (bicyclic) bond motifs is 2. The highest BCUT2D eigenvalue weighted by Crippen LogP contribution is 2.25. The Bertz CT molecular complexity index is 1740. The molecule has 2 aromatic carbocycles. The summed E-state index contributed by atoms with van der Waals surface area (Å²) in [6, 6.07) is 14.6. The van der Waals surface area contributed by atoms with E-state index in [1.54, 1.807) is 36.9 Å². The zero-order chi connectivity index (χ0) is 24.9. The van der Waals surface area contributed by atoms with Gasteiger partial charge in [0.1, 0.15) is 5.75 Å². The lowest BCUT2D eigenvalue weighted by Gasteiger charge is -2.12. The molecule has 0 spiro atoms. The van der Waals surface area contributed by atoms with Crippen molar-refractivity contribution in [2.45, 2.75) is 6.54 Å². The molecule has 10 heteroatoms. The molecule has 0 unspecified atom stereocenters. The number of hydrogen-bond acceptors (Lipinski definition) is 6. The molecular weight excluding hydrogens is 450 g/mol. The third-order valence-corrected chi connectivity index (χ3v) is 6.13. The maximum Gasteiger partial charge on any atom is 0.337 e. The molecule has 0 saturated heterocycles. The zero-order valence-electron chi connectivity index (χ0n) is 19.7. The van der Waals surface area contributed by atoms with Gasteiger partial charge in [-0.3, -0.25) is 23.1 Å². The summed E-state index contributed by atoms with van der Waals surface area (Å²) in [5.41, 5.74) is 1.80. The van der Waals surface area contributed by atoms with Crippen molar-refractivity contribution in [2.24, 2.45) is 14.1 Å². The maximum absolute atomic E-state index is 13.2. The lowest BCUT2D eigenvalue weighted by Crippen LogP contribution is -2.37. The van der Waals surface area contributed by atoms with Crippen molar-refractivity contribution in [3.05, 3.63) is 86.7 Å². The molecular formula is C25H23N5O5. The van der Waals surface area contributed by atoms with Crippen molar-refractivity contribution in [2.75, 3.05) is 14.2 Å². The van der Waals surface area contributed by atoms with Crippen molar-refractivity contribution >= 4 is 28.0 Å². The fourth-order valence-electron chi connectivity index (χ4n) is 4.28. The Kier molecular flexibility index (Phi) is 5.28. The minimum Gasteiger partial charge on any atom is -0.497 e. The Balaban J connectivity index is 1.79. The van der Waals surface area contributed by atoms with E-state index in [1.807, 2.05) is 41.1 Å². The average molecular weight is 473 g/mol. The summed E-state index contributed by atoms with van der Waals surface area (Å²) >= 11 is 0. The Labute approximate surface area is 199 Å². The van der Waals surface area contributed by atoms with Gasteiger partial charge in [0.25, 0.3) is 5.56 Å². The second-order valence-corrected chi connectivity index (χ2v) is 8.18. The SMILES string of the molecule is COC(=O)c1ccc2c(ccn2-c2nc3c(c(=O)n(C)c(=O)n3C)n2Cc2cccc(OC)c2)c1. The van der Waals surface area contributed by atoms with Crippen LogP contribution in [0.2, 0.25) is 0 Å². The van der Waals surface area contributed by atoms with E-state index in [9.17, 15) is 14.4 Å². The van der Waals surface area contributed by atoms with Crippen LogP contribution in [0.5, 0.6) is 5.75 Å². The molecule has 178 valence electrons. The molecule has 10 nitrogen and oxygen atoms in total. The molecule has 3 heterocycles. The van der Waals surface area contributed by atoms with E-state index in [4.69, 9.17) is 14.5 Å². The summed E-state index contributed by atoms with van der Waals surface area (Å²) in [5.74, 6) is 0.723. The summed E-state index contributed by atoms with van der Waals surface area (Å²) in [7, 11) is 5.97.